The van der Waals surface area contributed by atoms with Crippen molar-refractivity contribution in [3.8, 4) is 0 Å². The molecule has 0 radical (unpaired) electrons. The highest BCUT2D eigenvalue weighted by Gasteiger charge is 2.18. The summed E-state index contributed by atoms with van der Waals surface area (Å²) < 4.78 is 4.98. The van der Waals surface area contributed by atoms with Crippen molar-refractivity contribution in [2.45, 2.75) is 45.3 Å². The number of carboxylic acids is 1. The lowest BCUT2D eigenvalue weighted by molar-refractivity contribution is -0.155. The van der Waals surface area contributed by atoms with E-state index in [-0.39, 0.29) is 12.8 Å². The number of nitrogens with two attached hydrogens (primary N) is 1. The molecule has 0 aliphatic carbocycles. The average Bonchev–Trinajstić information content (AvgIpc) is 1.96. The maximum absolute atomic E-state index is 11.1. The number of hydrogen-bond acceptors (Lipinski definition) is 4. The van der Waals surface area contributed by atoms with Crippen LogP contribution in [-0.2, 0) is 14.3 Å². The largest absolute Gasteiger partial charge is 0.480 e. The molecular formula is C9H17NO4. The second-order valence-electron chi connectivity index (χ2n) is 4.07. The number of hydrogen-bond donors (Lipinski definition) is 2. The summed E-state index contributed by atoms with van der Waals surface area (Å²) in [6, 6.07) is -0.998. The minimum atomic E-state index is -1.10. The van der Waals surface area contributed by atoms with Crippen LogP contribution in [0.2, 0.25) is 0 Å². The van der Waals surface area contributed by atoms with E-state index in [0.29, 0.717) is 0 Å². The van der Waals surface area contributed by atoms with Gasteiger partial charge in [0.05, 0.1) is 0 Å². The highest BCUT2D eigenvalue weighted by atomic mass is 16.6. The number of carbonyl (C=O) groups is 2. The van der Waals surface area contributed by atoms with E-state index < -0.39 is 23.6 Å². The third-order valence-corrected chi connectivity index (χ3v) is 1.40. The molecule has 14 heavy (non-hydrogen) atoms. The van der Waals surface area contributed by atoms with Crippen LogP contribution >= 0.6 is 0 Å². The molecule has 0 aliphatic heterocycles. The lowest BCUT2D eigenvalue weighted by atomic mass is 10.1. The van der Waals surface area contributed by atoms with E-state index in [9.17, 15) is 9.59 Å². The minimum Gasteiger partial charge on any atom is -0.480 e. The predicted molar refractivity (Wildman–Crippen MR) is 50.7 cm³/mol. The molecule has 0 aromatic rings. The zero-order chi connectivity index (χ0) is 11.4. The van der Waals surface area contributed by atoms with Crippen molar-refractivity contribution >= 4 is 11.9 Å². The fourth-order valence-corrected chi connectivity index (χ4v) is 0.789. The first-order valence-electron chi connectivity index (χ1n) is 4.42. The molecule has 0 rings (SSSR count). The van der Waals surface area contributed by atoms with Crippen LogP contribution in [0.25, 0.3) is 0 Å². The highest BCUT2D eigenvalue weighted by molar-refractivity contribution is 5.75. The Morgan fingerprint density at radius 2 is 1.93 bits per heavy atom. The Hall–Kier alpha value is -1.10. The van der Waals surface area contributed by atoms with Crippen LogP contribution in [0.3, 0.4) is 0 Å². The van der Waals surface area contributed by atoms with Crippen molar-refractivity contribution in [2.24, 2.45) is 5.73 Å². The van der Waals surface area contributed by atoms with E-state index in [2.05, 4.69) is 0 Å². The summed E-state index contributed by atoms with van der Waals surface area (Å²) in [7, 11) is 0. The van der Waals surface area contributed by atoms with E-state index in [1.165, 1.54) is 0 Å². The lowest BCUT2D eigenvalue weighted by Crippen LogP contribution is -2.31. The number of carbonyl (C=O) groups excluding carboxylic acids is 1. The lowest BCUT2D eigenvalue weighted by Gasteiger charge is -2.19. The maximum atomic E-state index is 11.1. The fraction of sp³-hybridized carbons (Fsp3) is 0.778. The normalized spacial score (nSPS) is 13.4. The topological polar surface area (TPSA) is 89.6 Å². The summed E-state index contributed by atoms with van der Waals surface area (Å²) in [6.45, 7) is 5.26. The molecule has 0 aromatic heterocycles. The second-order valence-corrected chi connectivity index (χ2v) is 4.07. The predicted octanol–water partition coefficient (Wildman–Crippen LogP) is 0.520. The molecule has 82 valence electrons. The number of aliphatic carboxylic acids is 1. The first-order chi connectivity index (χ1) is 6.22. The summed E-state index contributed by atoms with van der Waals surface area (Å²) in [5.74, 6) is -1.53. The smallest absolute Gasteiger partial charge is 0.320 e. The molecule has 1 unspecified atom stereocenters. The van der Waals surface area contributed by atoms with Crippen molar-refractivity contribution < 1.29 is 19.4 Å². The van der Waals surface area contributed by atoms with Gasteiger partial charge in [-0.2, -0.15) is 0 Å². The molecule has 5 nitrogen and oxygen atoms in total. The van der Waals surface area contributed by atoms with Gasteiger partial charge in [-0.15, -0.1) is 0 Å². The molecule has 0 saturated heterocycles. The van der Waals surface area contributed by atoms with Gasteiger partial charge in [0.2, 0.25) is 0 Å². The fourth-order valence-electron chi connectivity index (χ4n) is 0.789. The molecule has 0 aliphatic rings. The summed E-state index contributed by atoms with van der Waals surface area (Å²) in [6.07, 6.45) is 0.134. The molecule has 0 aromatic carbocycles. The molecule has 0 amide bonds. The van der Waals surface area contributed by atoms with Gasteiger partial charge in [0.25, 0.3) is 0 Å². The zero-order valence-corrected chi connectivity index (χ0v) is 8.74. The van der Waals surface area contributed by atoms with Gasteiger partial charge in [0, 0.05) is 6.42 Å². The summed E-state index contributed by atoms with van der Waals surface area (Å²) in [5.41, 5.74) is 4.68. The third-order valence-electron chi connectivity index (χ3n) is 1.40. The first kappa shape index (κ1) is 12.9. The van der Waals surface area contributed by atoms with Crippen LogP contribution in [0.15, 0.2) is 0 Å². The molecule has 1 atom stereocenters. The van der Waals surface area contributed by atoms with Crippen LogP contribution in [-0.4, -0.2) is 28.7 Å². The van der Waals surface area contributed by atoms with Crippen LogP contribution < -0.4 is 5.73 Å². The van der Waals surface area contributed by atoms with E-state index in [1.54, 1.807) is 20.8 Å². The van der Waals surface area contributed by atoms with E-state index >= 15 is 0 Å². The highest BCUT2D eigenvalue weighted by Crippen LogP contribution is 2.09. The molecule has 3 N–H and O–H groups in total. The van der Waals surface area contributed by atoms with Crippen molar-refractivity contribution in [1.29, 1.82) is 0 Å². The molecule has 0 spiro atoms. The Morgan fingerprint density at radius 3 is 2.29 bits per heavy atom. The second kappa shape index (κ2) is 4.95. The Labute approximate surface area is 83.2 Å². The SMILES string of the molecule is CC(C)(C)OC(=O)CCC(N)C(=O)O. The molecular weight excluding hydrogens is 186 g/mol. The Balaban J connectivity index is 3.81. The van der Waals surface area contributed by atoms with E-state index in [1.807, 2.05) is 0 Å². The van der Waals surface area contributed by atoms with Gasteiger partial charge in [0.15, 0.2) is 0 Å². The standard InChI is InChI=1S/C9H17NO4/c1-9(2,3)14-7(11)5-4-6(10)8(12)13/h6H,4-5,10H2,1-3H3,(H,12,13). The third kappa shape index (κ3) is 6.42. The van der Waals surface area contributed by atoms with Crippen molar-refractivity contribution in [2.75, 3.05) is 0 Å². The number of carboxylic acid groups (broad SMARTS) is 1. The number of ether oxygens (including phenoxy) is 1. The molecule has 0 heterocycles. The van der Waals surface area contributed by atoms with Crippen LogP contribution in [0, 0.1) is 0 Å². The van der Waals surface area contributed by atoms with Crippen LogP contribution in [0.5, 0.6) is 0 Å². The van der Waals surface area contributed by atoms with Gasteiger partial charge in [-0.25, -0.2) is 0 Å². The summed E-state index contributed by atoms with van der Waals surface area (Å²) in [5, 5.41) is 8.45. The monoisotopic (exact) mass is 203 g/mol. The average molecular weight is 203 g/mol. The Bertz CT molecular complexity index is 219. The molecule has 5 heteroatoms. The summed E-state index contributed by atoms with van der Waals surface area (Å²) in [4.78, 5) is 21.4. The quantitative estimate of drug-likeness (QED) is 0.650. The molecule has 0 fully saturated rings. The Morgan fingerprint density at radius 1 is 1.43 bits per heavy atom. The maximum Gasteiger partial charge on any atom is 0.320 e. The molecule has 0 bridgehead atoms. The Kier molecular flexibility index (Phi) is 4.56. The van der Waals surface area contributed by atoms with Gasteiger partial charge in [-0.3, -0.25) is 9.59 Å². The van der Waals surface area contributed by atoms with E-state index in [4.69, 9.17) is 15.6 Å². The van der Waals surface area contributed by atoms with Gasteiger partial charge < -0.3 is 15.6 Å². The number of esters is 1. The van der Waals surface area contributed by atoms with Gasteiger partial charge in [0.1, 0.15) is 11.6 Å². The molecule has 0 saturated carbocycles. The van der Waals surface area contributed by atoms with Crippen molar-refractivity contribution in [3.05, 3.63) is 0 Å². The van der Waals surface area contributed by atoms with Gasteiger partial charge in [-0.05, 0) is 27.2 Å². The number of rotatable bonds is 4. The summed E-state index contributed by atoms with van der Waals surface area (Å²) >= 11 is 0. The first-order valence-corrected chi connectivity index (χ1v) is 4.42. The van der Waals surface area contributed by atoms with Crippen LogP contribution in [0.1, 0.15) is 33.6 Å². The van der Waals surface area contributed by atoms with E-state index in [0.717, 1.165) is 0 Å². The van der Waals surface area contributed by atoms with Crippen molar-refractivity contribution in [3.63, 3.8) is 0 Å². The van der Waals surface area contributed by atoms with Crippen molar-refractivity contribution in [1.82, 2.24) is 0 Å². The van der Waals surface area contributed by atoms with Gasteiger partial charge in [-0.1, -0.05) is 0 Å². The van der Waals surface area contributed by atoms with Gasteiger partial charge >= 0.3 is 11.9 Å². The minimum absolute atomic E-state index is 0.0325. The van der Waals surface area contributed by atoms with Crippen LogP contribution in [0.4, 0.5) is 0 Å². The zero-order valence-electron chi connectivity index (χ0n) is 8.74.